The summed E-state index contributed by atoms with van der Waals surface area (Å²) in [5, 5.41) is 2.47. The van der Waals surface area contributed by atoms with Crippen molar-refractivity contribution in [1.82, 2.24) is 9.21 Å². The molecule has 0 aliphatic carbocycles. The molecule has 0 N–H and O–H groups in total. The molecule has 0 saturated heterocycles. The van der Waals surface area contributed by atoms with Crippen molar-refractivity contribution in [3.63, 3.8) is 0 Å². The number of hydrogen-bond donors (Lipinski definition) is 0. The first-order valence-electron chi connectivity index (χ1n) is 6.90. The van der Waals surface area contributed by atoms with Gasteiger partial charge in [0.05, 0.1) is 16.6 Å². The van der Waals surface area contributed by atoms with Gasteiger partial charge in [0.1, 0.15) is 4.21 Å². The largest absolute Gasteiger partial charge is 0.340 e. The molecule has 0 bridgehead atoms. The predicted octanol–water partition coefficient (Wildman–Crippen LogP) is 3.33. The lowest BCUT2D eigenvalue weighted by Crippen LogP contribution is -2.38. The topological polar surface area (TPSA) is 57.7 Å². The van der Waals surface area contributed by atoms with Crippen molar-refractivity contribution in [2.45, 2.75) is 10.8 Å². The molecule has 9 heteroatoms. The fraction of sp³-hybridized carbons (Fsp3) is 0.267. The highest BCUT2D eigenvalue weighted by molar-refractivity contribution is 7.91. The van der Waals surface area contributed by atoms with Crippen molar-refractivity contribution in [3.8, 4) is 0 Å². The Bertz CT molecular complexity index is 823. The first kappa shape index (κ1) is 19.2. The third-order valence-electron chi connectivity index (χ3n) is 3.38. The molecule has 24 heavy (non-hydrogen) atoms. The Kier molecular flexibility index (Phi) is 6.28. The molecule has 0 unspecified atom stereocenters. The smallest absolute Gasteiger partial charge is 0.252 e. The van der Waals surface area contributed by atoms with E-state index in [4.69, 9.17) is 23.2 Å². The van der Waals surface area contributed by atoms with Crippen LogP contribution in [0.25, 0.3) is 0 Å². The van der Waals surface area contributed by atoms with Gasteiger partial charge < -0.3 is 4.90 Å². The van der Waals surface area contributed by atoms with Crippen LogP contribution in [-0.2, 0) is 21.4 Å². The molecular formula is C15H16Cl2N2O3S2. The van der Waals surface area contributed by atoms with Crippen molar-refractivity contribution in [2.24, 2.45) is 0 Å². The van der Waals surface area contributed by atoms with Crippen LogP contribution in [0.3, 0.4) is 0 Å². The summed E-state index contributed by atoms with van der Waals surface area (Å²) < 4.78 is 25.9. The number of sulfonamides is 1. The summed E-state index contributed by atoms with van der Waals surface area (Å²) in [6, 6.07) is 8.34. The molecule has 2 aromatic rings. The zero-order chi connectivity index (χ0) is 17.9. The molecule has 1 aromatic carbocycles. The van der Waals surface area contributed by atoms with Gasteiger partial charge >= 0.3 is 0 Å². The van der Waals surface area contributed by atoms with E-state index in [2.05, 4.69) is 0 Å². The van der Waals surface area contributed by atoms with E-state index >= 15 is 0 Å². The Hall–Kier alpha value is -1.12. The molecule has 5 nitrogen and oxygen atoms in total. The van der Waals surface area contributed by atoms with E-state index in [9.17, 15) is 13.2 Å². The summed E-state index contributed by atoms with van der Waals surface area (Å²) in [6.45, 7) is -0.0139. The van der Waals surface area contributed by atoms with E-state index in [0.717, 1.165) is 15.6 Å². The number of carbonyl (C=O) groups excluding carboxylic acids is 1. The van der Waals surface area contributed by atoms with Gasteiger partial charge in [0, 0.05) is 20.6 Å². The maximum Gasteiger partial charge on any atom is 0.252 e. The number of thiophene rings is 1. The van der Waals surface area contributed by atoms with Crippen LogP contribution in [0, 0.1) is 0 Å². The quantitative estimate of drug-likeness (QED) is 0.738. The van der Waals surface area contributed by atoms with Gasteiger partial charge in [0.15, 0.2) is 0 Å². The minimum Gasteiger partial charge on any atom is -0.340 e. The van der Waals surface area contributed by atoms with Crippen molar-refractivity contribution < 1.29 is 13.2 Å². The molecule has 0 aliphatic rings. The average Bonchev–Trinajstić information content (AvgIpc) is 3.06. The molecule has 0 radical (unpaired) electrons. The molecule has 0 saturated carbocycles. The van der Waals surface area contributed by atoms with Crippen molar-refractivity contribution in [3.05, 3.63) is 51.3 Å². The van der Waals surface area contributed by atoms with Crippen molar-refractivity contribution >= 4 is 50.5 Å². The summed E-state index contributed by atoms with van der Waals surface area (Å²) in [5.41, 5.74) is 0.698. The summed E-state index contributed by atoms with van der Waals surface area (Å²) in [7, 11) is -0.684. The maximum atomic E-state index is 12.3. The normalized spacial score (nSPS) is 11.7. The number of nitrogens with zero attached hydrogens (tertiary/aromatic N) is 2. The van der Waals surface area contributed by atoms with Crippen LogP contribution in [-0.4, -0.2) is 44.2 Å². The van der Waals surface area contributed by atoms with Crippen LogP contribution in [0.15, 0.2) is 39.9 Å². The molecule has 0 spiro atoms. The standard InChI is InChI=1S/C15H16Cl2N2O3S2/c1-18(9-11-5-3-6-12(16)15(11)17)13(20)10-19(2)24(21,22)14-7-4-8-23-14/h3-8H,9-10H2,1-2H3. The lowest BCUT2D eigenvalue weighted by molar-refractivity contribution is -0.130. The number of benzene rings is 1. The minimum atomic E-state index is -3.65. The first-order valence-corrected chi connectivity index (χ1v) is 9.97. The second-order valence-corrected chi connectivity index (χ2v) is 9.16. The Morgan fingerprint density at radius 3 is 2.50 bits per heavy atom. The molecular weight excluding hydrogens is 391 g/mol. The van der Waals surface area contributed by atoms with Crippen LogP contribution >= 0.6 is 34.5 Å². The minimum absolute atomic E-state index is 0.207. The lowest BCUT2D eigenvalue weighted by atomic mass is 10.2. The SMILES string of the molecule is CN(Cc1cccc(Cl)c1Cl)C(=O)CN(C)S(=O)(=O)c1cccs1. The monoisotopic (exact) mass is 406 g/mol. The molecule has 1 heterocycles. The molecule has 0 atom stereocenters. The maximum absolute atomic E-state index is 12.3. The Labute approximate surface area is 155 Å². The number of amides is 1. The summed E-state index contributed by atoms with van der Waals surface area (Å²) in [6.07, 6.45) is 0. The van der Waals surface area contributed by atoms with Crippen LogP contribution < -0.4 is 0 Å². The van der Waals surface area contributed by atoms with Gasteiger partial charge in [0.25, 0.3) is 10.0 Å². The fourth-order valence-corrected chi connectivity index (χ4v) is 4.68. The van der Waals surface area contributed by atoms with Gasteiger partial charge in [-0.15, -0.1) is 11.3 Å². The van der Waals surface area contributed by atoms with Gasteiger partial charge in [-0.05, 0) is 23.1 Å². The molecule has 2 rings (SSSR count). The molecule has 1 aromatic heterocycles. The van der Waals surface area contributed by atoms with Gasteiger partial charge in [-0.25, -0.2) is 8.42 Å². The van der Waals surface area contributed by atoms with E-state index in [1.165, 1.54) is 18.0 Å². The summed E-state index contributed by atoms with van der Waals surface area (Å²) in [4.78, 5) is 13.7. The molecule has 1 amide bonds. The predicted molar refractivity (Wildman–Crippen MR) is 97.1 cm³/mol. The number of carbonyl (C=O) groups is 1. The average molecular weight is 407 g/mol. The summed E-state index contributed by atoms with van der Waals surface area (Å²) in [5.74, 6) is -0.339. The fourth-order valence-electron chi connectivity index (χ4n) is 1.97. The van der Waals surface area contributed by atoms with E-state index in [1.54, 1.807) is 36.7 Å². The van der Waals surface area contributed by atoms with E-state index < -0.39 is 10.0 Å². The van der Waals surface area contributed by atoms with Crippen LogP contribution in [0.1, 0.15) is 5.56 Å². The van der Waals surface area contributed by atoms with E-state index in [0.29, 0.717) is 15.6 Å². The first-order chi connectivity index (χ1) is 11.2. The highest BCUT2D eigenvalue weighted by Gasteiger charge is 2.25. The third-order valence-corrected chi connectivity index (χ3v) is 7.42. The van der Waals surface area contributed by atoms with Gasteiger partial charge in [-0.1, -0.05) is 41.4 Å². The Morgan fingerprint density at radius 1 is 1.17 bits per heavy atom. The number of rotatable bonds is 6. The van der Waals surface area contributed by atoms with E-state index in [-0.39, 0.29) is 23.2 Å². The Morgan fingerprint density at radius 2 is 1.88 bits per heavy atom. The van der Waals surface area contributed by atoms with Crippen LogP contribution in [0.4, 0.5) is 0 Å². The molecule has 0 aliphatic heterocycles. The Balaban J connectivity index is 2.05. The van der Waals surface area contributed by atoms with Gasteiger partial charge in [0.2, 0.25) is 5.91 Å². The van der Waals surface area contributed by atoms with Gasteiger partial charge in [-0.2, -0.15) is 4.31 Å². The highest BCUT2D eigenvalue weighted by atomic mass is 35.5. The third kappa shape index (κ3) is 4.29. The number of likely N-dealkylation sites (N-methyl/N-ethyl adjacent to an activating group) is 2. The highest BCUT2D eigenvalue weighted by Crippen LogP contribution is 2.26. The molecule has 0 fully saturated rings. The van der Waals surface area contributed by atoms with E-state index in [1.807, 2.05) is 0 Å². The number of halogens is 2. The number of hydrogen-bond acceptors (Lipinski definition) is 4. The van der Waals surface area contributed by atoms with Crippen LogP contribution in [0.2, 0.25) is 10.0 Å². The van der Waals surface area contributed by atoms with Crippen LogP contribution in [0.5, 0.6) is 0 Å². The summed E-state index contributed by atoms with van der Waals surface area (Å²) >= 11 is 13.2. The lowest BCUT2D eigenvalue weighted by Gasteiger charge is -2.22. The zero-order valence-corrected chi connectivity index (χ0v) is 16.2. The van der Waals surface area contributed by atoms with Crippen molar-refractivity contribution in [1.29, 1.82) is 0 Å². The van der Waals surface area contributed by atoms with Crippen molar-refractivity contribution in [2.75, 3.05) is 20.6 Å². The second kappa shape index (κ2) is 7.84. The second-order valence-electron chi connectivity index (χ2n) is 5.16. The zero-order valence-electron chi connectivity index (χ0n) is 13.1. The molecule has 130 valence electrons. The van der Waals surface area contributed by atoms with Gasteiger partial charge in [-0.3, -0.25) is 4.79 Å².